The molecule has 2 N–H and O–H groups in total. The molecule has 8 heteroatoms. The van der Waals surface area contributed by atoms with Gasteiger partial charge in [-0.05, 0) is 49.9 Å². The molecule has 0 bridgehead atoms. The lowest BCUT2D eigenvalue weighted by atomic mass is 10.1. The number of hydrogen-bond donors (Lipinski definition) is 2. The molecule has 0 saturated carbocycles. The highest BCUT2D eigenvalue weighted by atomic mass is 127. The van der Waals surface area contributed by atoms with Crippen molar-refractivity contribution in [3.05, 3.63) is 53.5 Å². The largest absolute Gasteiger partial charge is 0.491 e. The number of aliphatic imine (C=N–C) groups is 1. The number of furan rings is 1. The number of rotatable bonds is 11. The zero-order valence-electron chi connectivity index (χ0n) is 19.1. The number of benzene rings is 1. The van der Waals surface area contributed by atoms with E-state index in [4.69, 9.17) is 23.6 Å². The lowest BCUT2D eigenvalue weighted by molar-refractivity contribution is 0.0194. The number of nitrogens with one attached hydrogen (secondary N) is 2. The fourth-order valence-electron chi connectivity index (χ4n) is 3.44. The van der Waals surface area contributed by atoms with Crippen LogP contribution in [0.2, 0.25) is 0 Å². The molecule has 0 aliphatic carbocycles. The average Bonchev–Trinajstić information content (AvgIpc) is 3.31. The van der Waals surface area contributed by atoms with E-state index in [1.165, 1.54) is 6.42 Å². The van der Waals surface area contributed by atoms with Crippen LogP contribution < -0.4 is 15.4 Å². The third-order valence-corrected chi connectivity index (χ3v) is 5.19. The van der Waals surface area contributed by atoms with Gasteiger partial charge < -0.3 is 29.3 Å². The molecule has 0 amide bonds. The van der Waals surface area contributed by atoms with E-state index in [1.54, 1.807) is 13.4 Å². The standard InChI is InChI=1S/C24H35N3O4.HI/c1-19-8-9-20(23(16-19)31-15-14-28-2)17-26-24(25-11-10-21-7-5-13-29-21)27-18-22-6-3-4-12-30-22;/h5,7-9,13,16,22H,3-4,6,10-12,14-15,17-18H2,1-2H3,(H2,25,26,27);1H. The van der Waals surface area contributed by atoms with Gasteiger partial charge in [0.25, 0.3) is 0 Å². The summed E-state index contributed by atoms with van der Waals surface area (Å²) in [5.41, 5.74) is 2.20. The number of methoxy groups -OCH3 is 1. The van der Waals surface area contributed by atoms with E-state index >= 15 is 0 Å². The zero-order valence-corrected chi connectivity index (χ0v) is 21.4. The van der Waals surface area contributed by atoms with Crippen molar-refractivity contribution in [1.82, 2.24) is 10.6 Å². The summed E-state index contributed by atoms with van der Waals surface area (Å²) in [5, 5.41) is 6.86. The van der Waals surface area contributed by atoms with Gasteiger partial charge in [0, 0.05) is 38.8 Å². The molecular formula is C24H36IN3O4. The van der Waals surface area contributed by atoms with Gasteiger partial charge in [0.1, 0.15) is 18.1 Å². The number of guanidine groups is 1. The van der Waals surface area contributed by atoms with Gasteiger partial charge in [0.15, 0.2) is 5.96 Å². The van der Waals surface area contributed by atoms with Gasteiger partial charge in [0.2, 0.25) is 0 Å². The summed E-state index contributed by atoms with van der Waals surface area (Å²) in [6, 6.07) is 10.1. The first-order chi connectivity index (χ1) is 15.2. The minimum Gasteiger partial charge on any atom is -0.491 e. The fourth-order valence-corrected chi connectivity index (χ4v) is 3.44. The van der Waals surface area contributed by atoms with Gasteiger partial charge in [-0.15, -0.1) is 24.0 Å². The SMILES string of the molecule is COCCOc1cc(C)ccc1CN=C(NCCc1ccco1)NCC1CCCCO1.I. The van der Waals surface area contributed by atoms with Gasteiger partial charge >= 0.3 is 0 Å². The lowest BCUT2D eigenvalue weighted by Gasteiger charge is -2.24. The highest BCUT2D eigenvalue weighted by Gasteiger charge is 2.14. The Hall–Kier alpha value is -1.78. The second kappa shape index (κ2) is 15.1. The first kappa shape index (κ1) is 26.5. The topological polar surface area (TPSA) is 77.2 Å². The van der Waals surface area contributed by atoms with Gasteiger partial charge in [-0.2, -0.15) is 0 Å². The van der Waals surface area contributed by atoms with Gasteiger partial charge in [-0.1, -0.05) is 12.1 Å². The maximum absolute atomic E-state index is 5.91. The van der Waals surface area contributed by atoms with Crippen molar-refractivity contribution in [3.63, 3.8) is 0 Å². The Kier molecular flexibility index (Phi) is 12.5. The van der Waals surface area contributed by atoms with Gasteiger partial charge in [0.05, 0.1) is 25.5 Å². The van der Waals surface area contributed by atoms with Crippen molar-refractivity contribution < 1.29 is 18.6 Å². The summed E-state index contributed by atoms with van der Waals surface area (Å²) in [7, 11) is 1.67. The predicted molar refractivity (Wildman–Crippen MR) is 137 cm³/mol. The summed E-state index contributed by atoms with van der Waals surface area (Å²) < 4.78 is 22.3. The molecule has 1 aromatic heterocycles. The summed E-state index contributed by atoms with van der Waals surface area (Å²) in [4.78, 5) is 4.81. The molecule has 2 aromatic rings. The molecule has 1 unspecified atom stereocenters. The van der Waals surface area contributed by atoms with Crippen LogP contribution in [0.15, 0.2) is 46.0 Å². The number of hydrogen-bond acceptors (Lipinski definition) is 5. The molecule has 178 valence electrons. The van der Waals surface area contributed by atoms with Crippen LogP contribution in [0.25, 0.3) is 0 Å². The van der Waals surface area contributed by atoms with Crippen LogP contribution in [0.3, 0.4) is 0 Å². The van der Waals surface area contributed by atoms with E-state index in [2.05, 4.69) is 29.7 Å². The van der Waals surface area contributed by atoms with Crippen LogP contribution in [0, 0.1) is 6.92 Å². The first-order valence-corrected chi connectivity index (χ1v) is 11.1. The van der Waals surface area contributed by atoms with Crippen molar-refractivity contribution in [2.45, 2.75) is 45.3 Å². The quantitative estimate of drug-likeness (QED) is 0.188. The van der Waals surface area contributed by atoms with Crippen molar-refractivity contribution >= 4 is 29.9 Å². The Labute approximate surface area is 208 Å². The molecule has 2 heterocycles. The lowest BCUT2D eigenvalue weighted by Crippen LogP contribution is -2.43. The second-order valence-electron chi connectivity index (χ2n) is 7.74. The molecule has 1 aromatic carbocycles. The Bertz CT molecular complexity index is 793. The zero-order chi connectivity index (χ0) is 21.7. The fraction of sp³-hybridized carbons (Fsp3) is 0.542. The summed E-state index contributed by atoms with van der Waals surface area (Å²) in [6.45, 7) is 5.97. The minimum absolute atomic E-state index is 0. The van der Waals surface area contributed by atoms with Crippen molar-refractivity contribution in [1.29, 1.82) is 0 Å². The summed E-state index contributed by atoms with van der Waals surface area (Å²) in [5.74, 6) is 2.57. The Morgan fingerprint density at radius 1 is 1.19 bits per heavy atom. The Morgan fingerprint density at radius 2 is 2.09 bits per heavy atom. The maximum Gasteiger partial charge on any atom is 0.191 e. The van der Waals surface area contributed by atoms with E-state index in [9.17, 15) is 0 Å². The third kappa shape index (κ3) is 9.38. The highest BCUT2D eigenvalue weighted by molar-refractivity contribution is 14.0. The third-order valence-electron chi connectivity index (χ3n) is 5.19. The van der Waals surface area contributed by atoms with E-state index in [-0.39, 0.29) is 30.1 Å². The summed E-state index contributed by atoms with van der Waals surface area (Å²) >= 11 is 0. The average molecular weight is 557 g/mol. The number of nitrogens with zero attached hydrogens (tertiary/aromatic N) is 1. The molecule has 1 saturated heterocycles. The van der Waals surface area contributed by atoms with E-state index in [0.29, 0.717) is 19.8 Å². The normalized spacial score (nSPS) is 16.3. The summed E-state index contributed by atoms with van der Waals surface area (Å²) in [6.07, 6.45) is 6.18. The predicted octanol–water partition coefficient (Wildman–Crippen LogP) is 4.08. The number of halogens is 1. The smallest absolute Gasteiger partial charge is 0.191 e. The molecule has 32 heavy (non-hydrogen) atoms. The maximum atomic E-state index is 5.91. The van der Waals surface area contributed by atoms with Crippen LogP contribution in [-0.4, -0.2) is 52.1 Å². The van der Waals surface area contributed by atoms with Gasteiger partial charge in [-0.25, -0.2) is 4.99 Å². The molecule has 1 fully saturated rings. The molecule has 1 atom stereocenters. The molecule has 1 aliphatic heterocycles. The van der Waals surface area contributed by atoms with Crippen molar-refractivity contribution in [2.24, 2.45) is 4.99 Å². The molecule has 1 aliphatic rings. The minimum atomic E-state index is 0. The van der Waals surface area contributed by atoms with Crippen LogP contribution in [0.5, 0.6) is 5.75 Å². The molecule has 0 radical (unpaired) electrons. The Balaban J connectivity index is 0.00000363. The van der Waals surface area contributed by atoms with E-state index in [0.717, 1.165) is 67.6 Å². The highest BCUT2D eigenvalue weighted by Crippen LogP contribution is 2.21. The van der Waals surface area contributed by atoms with E-state index < -0.39 is 0 Å². The first-order valence-electron chi connectivity index (χ1n) is 11.1. The van der Waals surface area contributed by atoms with Crippen molar-refractivity contribution in [2.75, 3.05) is 40.0 Å². The second-order valence-corrected chi connectivity index (χ2v) is 7.74. The number of ether oxygens (including phenoxy) is 3. The molecule has 0 spiro atoms. The molecular weight excluding hydrogens is 521 g/mol. The van der Waals surface area contributed by atoms with Crippen molar-refractivity contribution in [3.8, 4) is 5.75 Å². The monoisotopic (exact) mass is 557 g/mol. The Morgan fingerprint density at radius 3 is 2.84 bits per heavy atom. The van der Waals surface area contributed by atoms with Crippen LogP contribution >= 0.6 is 24.0 Å². The van der Waals surface area contributed by atoms with E-state index in [1.807, 2.05) is 18.2 Å². The number of aryl methyl sites for hydroxylation is 1. The molecule has 7 nitrogen and oxygen atoms in total. The van der Waals surface area contributed by atoms with Crippen LogP contribution in [0.4, 0.5) is 0 Å². The van der Waals surface area contributed by atoms with Crippen LogP contribution in [-0.2, 0) is 22.4 Å². The molecule has 3 rings (SSSR count). The van der Waals surface area contributed by atoms with Crippen LogP contribution in [0.1, 0.15) is 36.1 Å². The van der Waals surface area contributed by atoms with Gasteiger partial charge in [-0.3, -0.25) is 0 Å².